The lowest BCUT2D eigenvalue weighted by Crippen LogP contribution is -2.23. The molecule has 2 aliphatic heterocycles. The van der Waals surface area contributed by atoms with E-state index >= 15 is 0 Å². The predicted molar refractivity (Wildman–Crippen MR) is 100 cm³/mol. The maximum absolute atomic E-state index is 12.1. The molecule has 2 heterocycles. The number of benzene rings is 2. The molecule has 6 heteroatoms. The highest BCUT2D eigenvalue weighted by molar-refractivity contribution is 6.32. The molecule has 0 N–H and O–H groups in total. The zero-order valence-electron chi connectivity index (χ0n) is 13.8. The number of hydrogen-bond donors (Lipinski definition) is 0. The third-order valence-corrected chi connectivity index (χ3v) is 4.66. The van der Waals surface area contributed by atoms with E-state index in [1.54, 1.807) is 35.2 Å². The van der Waals surface area contributed by atoms with Crippen LogP contribution in [-0.4, -0.2) is 24.3 Å². The van der Waals surface area contributed by atoms with Crippen LogP contribution >= 0.6 is 11.6 Å². The Morgan fingerprint density at radius 3 is 2.54 bits per heavy atom. The molecule has 4 rings (SSSR count). The van der Waals surface area contributed by atoms with Crippen molar-refractivity contribution < 1.29 is 14.3 Å². The van der Waals surface area contributed by atoms with E-state index in [-0.39, 0.29) is 17.5 Å². The Bertz CT molecular complexity index is 948. The molecule has 1 amide bonds. The monoisotopic (exact) mass is 366 g/mol. The van der Waals surface area contributed by atoms with E-state index in [1.165, 1.54) is 0 Å². The van der Waals surface area contributed by atoms with Crippen molar-refractivity contribution in [3.63, 3.8) is 0 Å². The van der Waals surface area contributed by atoms with E-state index in [1.807, 2.05) is 24.3 Å². The molecule has 0 unspecified atom stereocenters. The lowest BCUT2D eigenvalue weighted by molar-refractivity contribution is -0.130. The molecule has 130 valence electrons. The molecule has 0 spiro atoms. The van der Waals surface area contributed by atoms with Crippen LogP contribution in [0.25, 0.3) is 6.08 Å². The van der Waals surface area contributed by atoms with E-state index < -0.39 is 5.97 Å². The predicted octanol–water partition coefficient (Wildman–Crippen LogP) is 3.81. The Hall–Kier alpha value is -2.92. The molecule has 5 nitrogen and oxygen atoms in total. The minimum atomic E-state index is -0.515. The first-order valence-electron chi connectivity index (χ1n) is 8.30. The molecule has 2 aromatic rings. The lowest BCUT2D eigenvalue weighted by atomic mass is 10.2. The van der Waals surface area contributed by atoms with Crippen molar-refractivity contribution in [2.75, 3.05) is 11.4 Å². The maximum atomic E-state index is 12.1. The van der Waals surface area contributed by atoms with Crippen molar-refractivity contribution in [2.24, 2.45) is 4.99 Å². The summed E-state index contributed by atoms with van der Waals surface area (Å²) in [4.78, 5) is 30.0. The summed E-state index contributed by atoms with van der Waals surface area (Å²) >= 11 is 6.12. The highest BCUT2D eigenvalue weighted by Gasteiger charge is 2.25. The van der Waals surface area contributed by atoms with Gasteiger partial charge in [-0.3, -0.25) is 4.79 Å². The number of rotatable bonds is 3. The molecule has 0 atom stereocenters. The standard InChI is InChI=1S/C20H15ClN2O3/c21-16-5-2-1-4-14(16)12-17-20(25)26-19(22-17)13-7-9-15(10-8-13)23-11-3-6-18(23)24/h1-2,4-5,7-10,12H,3,6,11H2/b17-12+. The van der Waals surface area contributed by atoms with Crippen molar-refractivity contribution in [3.05, 3.63) is 70.4 Å². The minimum absolute atomic E-state index is 0.132. The van der Waals surface area contributed by atoms with Gasteiger partial charge in [0.2, 0.25) is 11.8 Å². The molecule has 2 aliphatic rings. The van der Waals surface area contributed by atoms with Gasteiger partial charge in [-0.25, -0.2) is 9.79 Å². The average molecular weight is 367 g/mol. The molecule has 0 saturated carbocycles. The largest absolute Gasteiger partial charge is 0.402 e. The van der Waals surface area contributed by atoms with Crippen LogP contribution in [0.15, 0.2) is 59.2 Å². The molecule has 0 aromatic heterocycles. The quantitative estimate of drug-likeness (QED) is 0.613. The second-order valence-corrected chi connectivity index (χ2v) is 6.46. The van der Waals surface area contributed by atoms with Gasteiger partial charge in [0, 0.05) is 29.2 Å². The Morgan fingerprint density at radius 2 is 1.85 bits per heavy atom. The van der Waals surface area contributed by atoms with Gasteiger partial charge in [0.05, 0.1) is 0 Å². The first-order valence-corrected chi connectivity index (χ1v) is 8.67. The first kappa shape index (κ1) is 16.5. The number of carbonyl (C=O) groups is 2. The van der Waals surface area contributed by atoms with E-state index in [4.69, 9.17) is 16.3 Å². The van der Waals surface area contributed by atoms with Gasteiger partial charge in [-0.05, 0) is 48.4 Å². The van der Waals surface area contributed by atoms with Crippen LogP contribution in [0.5, 0.6) is 0 Å². The van der Waals surface area contributed by atoms with Crippen LogP contribution in [0.4, 0.5) is 5.69 Å². The molecule has 0 bridgehead atoms. The summed E-state index contributed by atoms with van der Waals surface area (Å²) in [7, 11) is 0. The number of halogens is 1. The fraction of sp³-hybridized carbons (Fsp3) is 0.150. The van der Waals surface area contributed by atoms with Crippen molar-refractivity contribution in [1.82, 2.24) is 0 Å². The average Bonchev–Trinajstić information content (AvgIpc) is 3.23. The van der Waals surface area contributed by atoms with Crippen LogP contribution in [0, 0.1) is 0 Å². The number of nitrogens with zero attached hydrogens (tertiary/aromatic N) is 2. The molecular weight excluding hydrogens is 352 g/mol. The fourth-order valence-corrected chi connectivity index (χ4v) is 3.17. The van der Waals surface area contributed by atoms with Crippen LogP contribution < -0.4 is 4.90 Å². The highest BCUT2D eigenvalue weighted by Crippen LogP contribution is 2.25. The summed E-state index contributed by atoms with van der Waals surface area (Å²) in [6, 6.07) is 14.5. The zero-order valence-corrected chi connectivity index (χ0v) is 14.6. The summed E-state index contributed by atoms with van der Waals surface area (Å²) in [6.07, 6.45) is 3.07. The normalized spacial score (nSPS) is 18.4. The van der Waals surface area contributed by atoms with Gasteiger partial charge >= 0.3 is 5.97 Å². The van der Waals surface area contributed by atoms with E-state index in [9.17, 15) is 9.59 Å². The Labute approximate surface area is 155 Å². The molecule has 1 saturated heterocycles. The Kier molecular flexibility index (Phi) is 4.31. The SMILES string of the molecule is O=C1OC(c2ccc(N3CCCC3=O)cc2)=N/C1=C/c1ccccc1Cl. The zero-order chi connectivity index (χ0) is 18.1. The smallest absolute Gasteiger partial charge is 0.363 e. The third-order valence-electron chi connectivity index (χ3n) is 4.32. The fourth-order valence-electron chi connectivity index (χ4n) is 2.98. The lowest BCUT2D eigenvalue weighted by Gasteiger charge is -2.15. The van der Waals surface area contributed by atoms with Crippen molar-refractivity contribution in [2.45, 2.75) is 12.8 Å². The van der Waals surface area contributed by atoms with Crippen LogP contribution in [0.1, 0.15) is 24.0 Å². The van der Waals surface area contributed by atoms with Gasteiger partial charge in [-0.15, -0.1) is 0 Å². The summed E-state index contributed by atoms with van der Waals surface area (Å²) in [5.74, 6) is -0.140. The van der Waals surface area contributed by atoms with Crippen LogP contribution in [0.3, 0.4) is 0 Å². The summed E-state index contributed by atoms with van der Waals surface area (Å²) in [5, 5.41) is 0.538. The van der Waals surface area contributed by atoms with Gasteiger partial charge in [0.15, 0.2) is 5.70 Å². The van der Waals surface area contributed by atoms with Gasteiger partial charge in [-0.1, -0.05) is 29.8 Å². The van der Waals surface area contributed by atoms with Gasteiger partial charge in [0.1, 0.15) is 0 Å². The van der Waals surface area contributed by atoms with Gasteiger partial charge in [-0.2, -0.15) is 0 Å². The number of aliphatic imine (C=N–C) groups is 1. The van der Waals surface area contributed by atoms with E-state index in [0.717, 1.165) is 18.7 Å². The second kappa shape index (κ2) is 6.77. The molecule has 2 aromatic carbocycles. The molecule has 0 radical (unpaired) electrons. The van der Waals surface area contributed by atoms with Crippen molar-refractivity contribution >= 4 is 41.1 Å². The number of amides is 1. The number of anilines is 1. The summed E-state index contributed by atoms with van der Waals surface area (Å²) < 4.78 is 5.28. The van der Waals surface area contributed by atoms with Gasteiger partial charge in [0.25, 0.3) is 0 Å². The number of carbonyl (C=O) groups excluding carboxylic acids is 2. The minimum Gasteiger partial charge on any atom is -0.402 e. The van der Waals surface area contributed by atoms with Crippen molar-refractivity contribution in [1.29, 1.82) is 0 Å². The van der Waals surface area contributed by atoms with Gasteiger partial charge < -0.3 is 9.64 Å². The number of esters is 1. The van der Waals surface area contributed by atoms with Crippen LogP contribution in [-0.2, 0) is 14.3 Å². The molecule has 0 aliphatic carbocycles. The van der Waals surface area contributed by atoms with Crippen molar-refractivity contribution in [3.8, 4) is 0 Å². The topological polar surface area (TPSA) is 59.0 Å². The van der Waals surface area contributed by atoms with E-state index in [0.29, 0.717) is 22.6 Å². The molecule has 26 heavy (non-hydrogen) atoms. The highest BCUT2D eigenvalue weighted by atomic mass is 35.5. The summed E-state index contributed by atoms with van der Waals surface area (Å²) in [6.45, 7) is 0.735. The van der Waals surface area contributed by atoms with E-state index in [2.05, 4.69) is 4.99 Å². The molecular formula is C20H15ClN2O3. The first-order chi connectivity index (χ1) is 12.6. The number of hydrogen-bond acceptors (Lipinski definition) is 4. The maximum Gasteiger partial charge on any atom is 0.363 e. The number of cyclic esters (lactones) is 1. The molecule has 1 fully saturated rings. The summed E-state index contributed by atoms with van der Waals surface area (Å²) in [5.41, 5.74) is 2.42. The Morgan fingerprint density at radius 1 is 1.08 bits per heavy atom. The van der Waals surface area contributed by atoms with Crippen LogP contribution in [0.2, 0.25) is 5.02 Å². The second-order valence-electron chi connectivity index (χ2n) is 6.05. The Balaban J connectivity index is 1.59. The third kappa shape index (κ3) is 3.13. The number of ether oxygens (including phenoxy) is 1.